The highest BCUT2D eigenvalue weighted by atomic mass is 16.5. The van der Waals surface area contributed by atoms with Crippen LogP contribution in [0, 0.1) is 0 Å². The molecule has 5 heteroatoms. The minimum Gasteiger partial charge on any atom is -0.370 e. The van der Waals surface area contributed by atoms with Crippen molar-refractivity contribution in [1.29, 1.82) is 0 Å². The highest BCUT2D eigenvalue weighted by molar-refractivity contribution is 5.80. The summed E-state index contributed by atoms with van der Waals surface area (Å²) in [6.07, 6.45) is 1.40. The van der Waals surface area contributed by atoms with Crippen molar-refractivity contribution in [3.63, 3.8) is 0 Å². The van der Waals surface area contributed by atoms with Gasteiger partial charge in [0.05, 0.1) is 18.8 Å². The summed E-state index contributed by atoms with van der Waals surface area (Å²) in [5, 5.41) is 5.94. The highest BCUT2D eigenvalue weighted by Crippen LogP contribution is 2.04. The molecular formula is C12H22N2O3. The van der Waals surface area contributed by atoms with E-state index in [1.54, 1.807) is 13.0 Å². The van der Waals surface area contributed by atoms with Gasteiger partial charge >= 0.3 is 0 Å². The van der Waals surface area contributed by atoms with E-state index in [-0.39, 0.29) is 18.1 Å². The van der Waals surface area contributed by atoms with Crippen molar-refractivity contribution in [2.75, 3.05) is 26.2 Å². The zero-order valence-corrected chi connectivity index (χ0v) is 10.6. The van der Waals surface area contributed by atoms with E-state index >= 15 is 0 Å². The Labute approximate surface area is 103 Å². The van der Waals surface area contributed by atoms with Crippen molar-refractivity contribution in [3.8, 4) is 0 Å². The Morgan fingerprint density at radius 1 is 1.71 bits per heavy atom. The first kappa shape index (κ1) is 14.2. The Morgan fingerprint density at radius 2 is 2.47 bits per heavy atom. The summed E-state index contributed by atoms with van der Waals surface area (Å²) >= 11 is 0. The largest absolute Gasteiger partial charge is 0.370 e. The molecule has 0 bridgehead atoms. The third kappa shape index (κ3) is 5.30. The quantitative estimate of drug-likeness (QED) is 0.647. The van der Waals surface area contributed by atoms with Crippen LogP contribution in [0.2, 0.25) is 0 Å². The molecule has 1 rings (SSSR count). The van der Waals surface area contributed by atoms with Crippen LogP contribution < -0.4 is 10.6 Å². The van der Waals surface area contributed by atoms with Gasteiger partial charge in [-0.15, -0.1) is 6.58 Å². The predicted molar refractivity (Wildman–Crippen MR) is 65.8 cm³/mol. The van der Waals surface area contributed by atoms with Gasteiger partial charge in [-0.25, -0.2) is 0 Å². The van der Waals surface area contributed by atoms with Gasteiger partial charge < -0.3 is 20.1 Å². The van der Waals surface area contributed by atoms with E-state index in [1.807, 2.05) is 6.92 Å². The summed E-state index contributed by atoms with van der Waals surface area (Å²) in [5.74, 6) is -0.123. The molecule has 0 aromatic heterocycles. The summed E-state index contributed by atoms with van der Waals surface area (Å²) in [7, 11) is 0. The van der Waals surface area contributed by atoms with Gasteiger partial charge in [-0.1, -0.05) is 6.08 Å². The van der Waals surface area contributed by atoms with Gasteiger partial charge in [-0.3, -0.25) is 4.79 Å². The second-order valence-electron chi connectivity index (χ2n) is 4.24. The molecule has 0 spiro atoms. The van der Waals surface area contributed by atoms with Gasteiger partial charge in [-0.05, 0) is 13.8 Å². The average Bonchev–Trinajstić information content (AvgIpc) is 2.33. The lowest BCUT2D eigenvalue weighted by Crippen LogP contribution is -2.46. The number of hydrogen-bond donors (Lipinski definition) is 2. The molecule has 0 aliphatic carbocycles. The van der Waals surface area contributed by atoms with Crippen LogP contribution in [0.1, 0.15) is 13.8 Å². The maximum atomic E-state index is 11.5. The number of rotatable bonds is 6. The van der Waals surface area contributed by atoms with E-state index in [1.165, 1.54) is 0 Å². The zero-order valence-electron chi connectivity index (χ0n) is 10.6. The third-order valence-electron chi connectivity index (χ3n) is 2.55. The molecule has 1 aliphatic heterocycles. The molecule has 1 aliphatic rings. The Morgan fingerprint density at radius 3 is 3.12 bits per heavy atom. The topological polar surface area (TPSA) is 59.6 Å². The molecule has 3 unspecified atom stereocenters. The van der Waals surface area contributed by atoms with Crippen molar-refractivity contribution in [2.24, 2.45) is 0 Å². The fraction of sp³-hybridized carbons (Fsp3) is 0.750. The number of hydrogen-bond acceptors (Lipinski definition) is 4. The van der Waals surface area contributed by atoms with Crippen molar-refractivity contribution in [1.82, 2.24) is 10.6 Å². The first-order chi connectivity index (χ1) is 8.13. The van der Waals surface area contributed by atoms with Crippen molar-refractivity contribution in [3.05, 3.63) is 12.7 Å². The molecule has 1 saturated heterocycles. The fourth-order valence-electron chi connectivity index (χ4n) is 1.61. The lowest BCUT2D eigenvalue weighted by molar-refractivity contribution is -0.136. The average molecular weight is 242 g/mol. The zero-order chi connectivity index (χ0) is 12.7. The Balaban J connectivity index is 2.20. The molecule has 17 heavy (non-hydrogen) atoms. The van der Waals surface area contributed by atoms with E-state index in [2.05, 4.69) is 17.2 Å². The first-order valence-corrected chi connectivity index (χ1v) is 6.00. The van der Waals surface area contributed by atoms with Crippen LogP contribution in [0.4, 0.5) is 0 Å². The number of nitrogens with one attached hydrogen (secondary N) is 2. The molecule has 0 aromatic carbocycles. The number of ether oxygens (including phenoxy) is 2. The lowest BCUT2D eigenvalue weighted by atomic mass is 10.2. The summed E-state index contributed by atoms with van der Waals surface area (Å²) in [6, 6.07) is 0. The van der Waals surface area contributed by atoms with Gasteiger partial charge in [0.25, 0.3) is 0 Å². The van der Waals surface area contributed by atoms with Gasteiger partial charge in [0.15, 0.2) is 0 Å². The SMILES string of the molecule is C=CCNC(=O)C(C)OCC1CNCC(C)O1. The van der Waals surface area contributed by atoms with E-state index in [0.29, 0.717) is 13.2 Å². The van der Waals surface area contributed by atoms with Crippen LogP contribution in [0.15, 0.2) is 12.7 Å². The summed E-state index contributed by atoms with van der Waals surface area (Å²) < 4.78 is 11.1. The fourth-order valence-corrected chi connectivity index (χ4v) is 1.61. The third-order valence-corrected chi connectivity index (χ3v) is 2.55. The number of amides is 1. The molecule has 0 aromatic rings. The Hall–Kier alpha value is -0.910. The van der Waals surface area contributed by atoms with Crippen molar-refractivity contribution >= 4 is 5.91 Å². The van der Waals surface area contributed by atoms with Gasteiger partial charge in [-0.2, -0.15) is 0 Å². The molecule has 0 radical (unpaired) electrons. The van der Waals surface area contributed by atoms with Crippen LogP contribution in [0.5, 0.6) is 0 Å². The molecule has 0 saturated carbocycles. The summed E-state index contributed by atoms with van der Waals surface area (Å²) in [6.45, 7) is 9.81. The predicted octanol–water partition coefficient (Wildman–Crippen LogP) is 0.0706. The second kappa shape index (κ2) is 7.42. The van der Waals surface area contributed by atoms with Crippen molar-refractivity contribution < 1.29 is 14.3 Å². The summed E-state index contributed by atoms with van der Waals surface area (Å²) in [4.78, 5) is 11.5. The van der Waals surface area contributed by atoms with E-state index < -0.39 is 6.10 Å². The van der Waals surface area contributed by atoms with Gasteiger partial charge in [0.1, 0.15) is 6.10 Å². The minimum absolute atomic E-state index is 0.0217. The normalized spacial score (nSPS) is 26.2. The molecule has 3 atom stereocenters. The molecule has 98 valence electrons. The smallest absolute Gasteiger partial charge is 0.249 e. The van der Waals surface area contributed by atoms with Crippen LogP contribution in [0.25, 0.3) is 0 Å². The number of morpholine rings is 1. The second-order valence-corrected chi connectivity index (χ2v) is 4.24. The Bertz CT molecular complexity index is 258. The molecular weight excluding hydrogens is 220 g/mol. The van der Waals surface area contributed by atoms with Gasteiger partial charge in [0.2, 0.25) is 5.91 Å². The van der Waals surface area contributed by atoms with Crippen LogP contribution >= 0.6 is 0 Å². The molecule has 1 amide bonds. The molecule has 2 N–H and O–H groups in total. The molecule has 1 fully saturated rings. The molecule has 5 nitrogen and oxygen atoms in total. The minimum atomic E-state index is -0.462. The van der Waals surface area contributed by atoms with Crippen LogP contribution in [-0.2, 0) is 14.3 Å². The van der Waals surface area contributed by atoms with E-state index in [0.717, 1.165) is 13.1 Å². The first-order valence-electron chi connectivity index (χ1n) is 6.00. The van der Waals surface area contributed by atoms with Gasteiger partial charge in [0, 0.05) is 19.6 Å². The monoisotopic (exact) mass is 242 g/mol. The Kier molecular flexibility index (Phi) is 6.18. The standard InChI is InChI=1S/C12H22N2O3/c1-4-5-14-12(15)10(3)16-8-11-7-13-6-9(2)17-11/h4,9-11,13H,1,5-8H2,2-3H3,(H,14,15). The van der Waals surface area contributed by atoms with E-state index in [4.69, 9.17) is 9.47 Å². The number of carbonyl (C=O) groups excluding carboxylic acids is 1. The maximum absolute atomic E-state index is 11.5. The highest BCUT2D eigenvalue weighted by Gasteiger charge is 2.21. The summed E-state index contributed by atoms with van der Waals surface area (Å²) in [5.41, 5.74) is 0. The van der Waals surface area contributed by atoms with Crippen LogP contribution in [-0.4, -0.2) is 50.5 Å². The maximum Gasteiger partial charge on any atom is 0.249 e. The molecule has 1 heterocycles. The van der Waals surface area contributed by atoms with E-state index in [9.17, 15) is 4.79 Å². The van der Waals surface area contributed by atoms with Crippen molar-refractivity contribution in [2.45, 2.75) is 32.2 Å². The number of carbonyl (C=O) groups is 1. The lowest BCUT2D eigenvalue weighted by Gasteiger charge is -2.29. The van der Waals surface area contributed by atoms with Crippen LogP contribution in [0.3, 0.4) is 0 Å².